The molecule has 0 aliphatic carbocycles. The van der Waals surface area contributed by atoms with Gasteiger partial charge in [0.25, 0.3) is 0 Å². The van der Waals surface area contributed by atoms with Gasteiger partial charge in [-0.05, 0) is 37.6 Å². The number of nitrogens with two attached hydrogens (primary N) is 1. The molecule has 1 unspecified atom stereocenters. The minimum absolute atomic E-state index is 0.0727. The van der Waals surface area contributed by atoms with Crippen LogP contribution >= 0.6 is 0 Å². The molecule has 0 amide bonds. The van der Waals surface area contributed by atoms with Gasteiger partial charge in [0, 0.05) is 19.8 Å². The van der Waals surface area contributed by atoms with Crippen LogP contribution in [0.5, 0.6) is 0 Å². The Morgan fingerprint density at radius 2 is 2.17 bits per heavy atom. The summed E-state index contributed by atoms with van der Waals surface area (Å²) in [5.74, 6) is 0. The van der Waals surface area contributed by atoms with E-state index >= 15 is 0 Å². The molecule has 0 saturated heterocycles. The quantitative estimate of drug-likeness (QED) is 0.726. The highest BCUT2D eigenvalue weighted by Crippen LogP contribution is 2.16. The van der Waals surface area contributed by atoms with E-state index in [9.17, 15) is 8.42 Å². The van der Waals surface area contributed by atoms with E-state index in [1.54, 1.807) is 19.2 Å². The minimum Gasteiger partial charge on any atom is -0.385 e. The van der Waals surface area contributed by atoms with Crippen molar-refractivity contribution in [1.29, 1.82) is 0 Å². The maximum absolute atomic E-state index is 11.2. The van der Waals surface area contributed by atoms with Crippen LogP contribution in [0.1, 0.15) is 24.9 Å². The first-order chi connectivity index (χ1) is 8.45. The number of methoxy groups -OCH3 is 1. The van der Waals surface area contributed by atoms with Crippen molar-refractivity contribution in [1.82, 2.24) is 5.32 Å². The molecule has 0 aliphatic rings. The van der Waals surface area contributed by atoms with Crippen molar-refractivity contribution >= 4 is 10.0 Å². The molecule has 1 aromatic carbocycles. The number of sulfonamides is 1. The summed E-state index contributed by atoms with van der Waals surface area (Å²) in [6, 6.07) is 6.74. The Hall–Kier alpha value is -0.950. The summed E-state index contributed by atoms with van der Waals surface area (Å²) in [5.41, 5.74) is 0.902. The van der Waals surface area contributed by atoms with Crippen molar-refractivity contribution in [2.45, 2.75) is 24.3 Å². The molecule has 3 N–H and O–H groups in total. The predicted molar refractivity (Wildman–Crippen MR) is 70.7 cm³/mol. The number of ether oxygens (including phenoxy) is 1. The Labute approximate surface area is 108 Å². The van der Waals surface area contributed by atoms with Gasteiger partial charge >= 0.3 is 0 Å². The number of rotatable bonds is 7. The zero-order valence-electron chi connectivity index (χ0n) is 10.7. The lowest BCUT2D eigenvalue weighted by atomic mass is 10.1. The van der Waals surface area contributed by atoms with Gasteiger partial charge in [-0.2, -0.15) is 0 Å². The van der Waals surface area contributed by atoms with E-state index in [1.165, 1.54) is 6.07 Å². The highest BCUT2D eigenvalue weighted by molar-refractivity contribution is 7.89. The minimum atomic E-state index is -3.64. The Morgan fingerprint density at radius 1 is 1.44 bits per heavy atom. The number of hydrogen-bond acceptors (Lipinski definition) is 4. The summed E-state index contributed by atoms with van der Waals surface area (Å²) in [4.78, 5) is 0.144. The summed E-state index contributed by atoms with van der Waals surface area (Å²) in [5, 5.41) is 8.40. The first-order valence-corrected chi connectivity index (χ1v) is 7.35. The van der Waals surface area contributed by atoms with E-state index < -0.39 is 10.0 Å². The molecule has 1 atom stereocenters. The lowest BCUT2D eigenvalue weighted by molar-refractivity contribution is 0.193. The standard InChI is InChI=1S/C12H20N2O3S/c1-10(14-7-4-8-17-2)11-5-3-6-12(9-11)18(13,15)16/h3,5-6,9-10,14H,4,7-8H2,1-2H3,(H2,13,15,16). The number of benzene rings is 1. The second-order valence-corrected chi connectivity index (χ2v) is 5.70. The van der Waals surface area contributed by atoms with Crippen molar-refractivity contribution in [2.24, 2.45) is 5.14 Å². The van der Waals surface area contributed by atoms with Gasteiger partial charge in [0.05, 0.1) is 4.90 Å². The molecule has 5 nitrogen and oxygen atoms in total. The number of primary sulfonamides is 1. The molecule has 0 fully saturated rings. The van der Waals surface area contributed by atoms with Crippen LogP contribution in [0.25, 0.3) is 0 Å². The molecular weight excluding hydrogens is 252 g/mol. The summed E-state index contributed by atoms with van der Waals surface area (Å²) in [6.45, 7) is 3.50. The van der Waals surface area contributed by atoms with Crippen molar-refractivity contribution < 1.29 is 13.2 Å². The van der Waals surface area contributed by atoms with Crippen molar-refractivity contribution in [3.8, 4) is 0 Å². The SMILES string of the molecule is COCCCNC(C)c1cccc(S(N)(=O)=O)c1. The Morgan fingerprint density at radius 3 is 2.78 bits per heavy atom. The van der Waals surface area contributed by atoms with Gasteiger partial charge in [0.1, 0.15) is 0 Å². The molecule has 6 heteroatoms. The normalized spacial score (nSPS) is 13.5. The van der Waals surface area contributed by atoms with Crippen molar-refractivity contribution in [3.05, 3.63) is 29.8 Å². The summed E-state index contributed by atoms with van der Waals surface area (Å²) < 4.78 is 27.5. The molecule has 0 bridgehead atoms. The third-order valence-electron chi connectivity index (χ3n) is 2.66. The van der Waals surface area contributed by atoms with E-state index in [-0.39, 0.29) is 10.9 Å². The maximum atomic E-state index is 11.2. The smallest absolute Gasteiger partial charge is 0.238 e. The second-order valence-electron chi connectivity index (χ2n) is 4.14. The largest absolute Gasteiger partial charge is 0.385 e. The summed E-state index contributed by atoms with van der Waals surface area (Å²) >= 11 is 0. The van der Waals surface area contributed by atoms with Gasteiger partial charge in [0.2, 0.25) is 10.0 Å². The van der Waals surface area contributed by atoms with E-state index in [0.29, 0.717) is 6.61 Å². The van der Waals surface area contributed by atoms with Crippen LogP contribution in [0.4, 0.5) is 0 Å². The molecule has 0 aromatic heterocycles. The number of hydrogen-bond donors (Lipinski definition) is 2. The third kappa shape index (κ3) is 4.73. The van der Waals surface area contributed by atoms with Crippen LogP contribution < -0.4 is 10.5 Å². The highest BCUT2D eigenvalue weighted by atomic mass is 32.2. The topological polar surface area (TPSA) is 81.4 Å². The zero-order valence-corrected chi connectivity index (χ0v) is 11.5. The molecule has 1 rings (SSSR count). The fourth-order valence-electron chi connectivity index (χ4n) is 1.61. The van der Waals surface area contributed by atoms with E-state index in [2.05, 4.69) is 5.32 Å². The van der Waals surface area contributed by atoms with Crippen LogP contribution in [0.3, 0.4) is 0 Å². The summed E-state index contributed by atoms with van der Waals surface area (Å²) in [6.07, 6.45) is 0.912. The molecule has 0 aliphatic heterocycles. The van der Waals surface area contributed by atoms with Gasteiger partial charge in [-0.3, -0.25) is 0 Å². The van der Waals surface area contributed by atoms with Gasteiger partial charge < -0.3 is 10.1 Å². The molecule has 1 aromatic rings. The molecule has 0 heterocycles. The van der Waals surface area contributed by atoms with Crippen molar-refractivity contribution in [3.63, 3.8) is 0 Å². The van der Waals surface area contributed by atoms with Crippen LogP contribution in [-0.2, 0) is 14.8 Å². The molecule has 0 radical (unpaired) electrons. The Kier molecular flexibility index (Phi) is 5.74. The first-order valence-electron chi connectivity index (χ1n) is 5.80. The van der Waals surface area contributed by atoms with Gasteiger partial charge in [-0.1, -0.05) is 12.1 Å². The molecule has 0 spiro atoms. The molecule has 102 valence electrons. The van der Waals surface area contributed by atoms with E-state index in [1.807, 2.05) is 13.0 Å². The van der Waals surface area contributed by atoms with Crippen LogP contribution in [-0.4, -0.2) is 28.7 Å². The van der Waals surface area contributed by atoms with Crippen molar-refractivity contribution in [2.75, 3.05) is 20.3 Å². The van der Waals surface area contributed by atoms with Gasteiger partial charge in [-0.15, -0.1) is 0 Å². The Balaban J connectivity index is 2.66. The van der Waals surface area contributed by atoms with Gasteiger partial charge in [0.15, 0.2) is 0 Å². The maximum Gasteiger partial charge on any atom is 0.238 e. The van der Waals surface area contributed by atoms with Crippen LogP contribution in [0.15, 0.2) is 29.2 Å². The third-order valence-corrected chi connectivity index (χ3v) is 3.57. The monoisotopic (exact) mass is 272 g/mol. The first kappa shape index (κ1) is 15.1. The predicted octanol–water partition coefficient (Wildman–Crippen LogP) is 1.02. The van der Waals surface area contributed by atoms with Gasteiger partial charge in [-0.25, -0.2) is 13.6 Å². The fourth-order valence-corrected chi connectivity index (χ4v) is 2.18. The summed E-state index contributed by atoms with van der Waals surface area (Å²) in [7, 11) is -1.97. The average molecular weight is 272 g/mol. The number of nitrogens with one attached hydrogen (secondary N) is 1. The zero-order chi connectivity index (χ0) is 13.6. The molecule has 0 saturated carbocycles. The average Bonchev–Trinajstić information content (AvgIpc) is 2.33. The Bertz CT molecular complexity index is 474. The van der Waals surface area contributed by atoms with E-state index in [0.717, 1.165) is 18.5 Å². The lowest BCUT2D eigenvalue weighted by Crippen LogP contribution is -2.21. The van der Waals surface area contributed by atoms with Crippen LogP contribution in [0, 0.1) is 0 Å². The fraction of sp³-hybridized carbons (Fsp3) is 0.500. The molecule has 18 heavy (non-hydrogen) atoms. The second kappa shape index (κ2) is 6.84. The van der Waals surface area contributed by atoms with Crippen LogP contribution in [0.2, 0.25) is 0 Å². The lowest BCUT2D eigenvalue weighted by Gasteiger charge is -2.14. The van der Waals surface area contributed by atoms with E-state index in [4.69, 9.17) is 9.88 Å². The molecular formula is C12H20N2O3S. The highest BCUT2D eigenvalue weighted by Gasteiger charge is 2.10.